The maximum atomic E-state index is 13.2. The summed E-state index contributed by atoms with van der Waals surface area (Å²) in [6.45, 7) is 9.22. The summed E-state index contributed by atoms with van der Waals surface area (Å²) in [5, 5.41) is 6.24. The van der Waals surface area contributed by atoms with Crippen molar-refractivity contribution in [3.63, 3.8) is 0 Å². The zero-order valence-electron chi connectivity index (χ0n) is 19.5. The Kier molecular flexibility index (Phi) is 8.17. The molecule has 0 radical (unpaired) electrons. The quantitative estimate of drug-likeness (QED) is 0.504. The summed E-state index contributed by atoms with van der Waals surface area (Å²) in [6.07, 6.45) is 2.85. The molecular formula is C26H31FN6O. The molecule has 0 bridgehead atoms. The molecule has 34 heavy (non-hydrogen) atoms. The van der Waals surface area contributed by atoms with E-state index in [1.54, 1.807) is 36.5 Å². The third-order valence-corrected chi connectivity index (χ3v) is 5.90. The molecule has 7 nitrogen and oxygen atoms in total. The van der Waals surface area contributed by atoms with Gasteiger partial charge in [-0.05, 0) is 67.6 Å². The minimum absolute atomic E-state index is 0.0724. The van der Waals surface area contributed by atoms with Crippen molar-refractivity contribution in [3.8, 4) is 11.4 Å². The van der Waals surface area contributed by atoms with Crippen molar-refractivity contribution >= 4 is 17.4 Å². The Labute approximate surface area is 200 Å². The summed E-state index contributed by atoms with van der Waals surface area (Å²) in [5.74, 6) is 0.752. The van der Waals surface area contributed by atoms with Crippen LogP contribution in [0.4, 0.5) is 15.9 Å². The molecular weight excluding hydrogens is 431 g/mol. The molecule has 3 aromatic rings. The van der Waals surface area contributed by atoms with Crippen LogP contribution >= 0.6 is 0 Å². The number of hydrogen-bond donors (Lipinski definition) is 2. The maximum Gasteiger partial charge on any atom is 0.251 e. The maximum absolute atomic E-state index is 13.2. The number of halogens is 1. The standard InChI is InChI=1S/C26H31FN6O/c1-2-14-32-16-18-33(19-17-32)15-13-29-26(34)21-5-9-23(10-6-21)30-24-11-12-28-25(31-24)20-3-7-22(27)8-4-20/h3-12H,2,13-19H2,1H3,(H,29,34)(H,28,30,31). The van der Waals surface area contributed by atoms with Crippen LogP contribution in [0.5, 0.6) is 0 Å². The molecule has 1 amide bonds. The summed E-state index contributed by atoms with van der Waals surface area (Å²) in [5.41, 5.74) is 2.16. The number of carbonyl (C=O) groups excluding carboxylic acids is 1. The molecule has 1 aliphatic heterocycles. The molecule has 178 valence electrons. The summed E-state index contributed by atoms with van der Waals surface area (Å²) in [7, 11) is 0. The lowest BCUT2D eigenvalue weighted by Gasteiger charge is -2.34. The molecule has 1 fully saturated rings. The van der Waals surface area contributed by atoms with Gasteiger partial charge < -0.3 is 15.5 Å². The smallest absolute Gasteiger partial charge is 0.251 e. The zero-order chi connectivity index (χ0) is 23.8. The van der Waals surface area contributed by atoms with Crippen molar-refractivity contribution in [2.75, 3.05) is 51.1 Å². The van der Waals surface area contributed by atoms with Gasteiger partial charge in [-0.2, -0.15) is 0 Å². The van der Waals surface area contributed by atoms with Crippen LogP contribution in [0.3, 0.4) is 0 Å². The van der Waals surface area contributed by atoms with Gasteiger partial charge in [0.25, 0.3) is 5.91 Å². The predicted octanol–water partition coefficient (Wildman–Crippen LogP) is 3.78. The Morgan fingerprint density at radius 1 is 0.941 bits per heavy atom. The molecule has 2 aromatic carbocycles. The van der Waals surface area contributed by atoms with Gasteiger partial charge in [0, 0.05) is 62.3 Å². The molecule has 0 spiro atoms. The van der Waals surface area contributed by atoms with Crippen LogP contribution in [0.2, 0.25) is 0 Å². The van der Waals surface area contributed by atoms with Crippen LogP contribution in [0, 0.1) is 5.82 Å². The van der Waals surface area contributed by atoms with Crippen molar-refractivity contribution < 1.29 is 9.18 Å². The van der Waals surface area contributed by atoms with E-state index < -0.39 is 0 Å². The number of carbonyl (C=O) groups is 1. The van der Waals surface area contributed by atoms with Gasteiger partial charge in [0.1, 0.15) is 11.6 Å². The average molecular weight is 463 g/mol. The van der Waals surface area contributed by atoms with E-state index in [1.165, 1.54) is 25.1 Å². The molecule has 0 atom stereocenters. The monoisotopic (exact) mass is 462 g/mol. The largest absolute Gasteiger partial charge is 0.351 e. The van der Waals surface area contributed by atoms with Crippen LogP contribution in [0.15, 0.2) is 60.8 Å². The number of anilines is 2. The first-order chi connectivity index (χ1) is 16.6. The van der Waals surface area contributed by atoms with Gasteiger partial charge in [-0.3, -0.25) is 9.69 Å². The minimum Gasteiger partial charge on any atom is -0.351 e. The fraction of sp³-hybridized carbons (Fsp3) is 0.346. The Morgan fingerprint density at radius 3 is 2.29 bits per heavy atom. The lowest BCUT2D eigenvalue weighted by Crippen LogP contribution is -2.48. The first kappa shape index (κ1) is 23.8. The predicted molar refractivity (Wildman–Crippen MR) is 133 cm³/mol. The minimum atomic E-state index is -0.299. The molecule has 1 aliphatic rings. The van der Waals surface area contributed by atoms with Gasteiger partial charge in [-0.25, -0.2) is 14.4 Å². The summed E-state index contributed by atoms with van der Waals surface area (Å²) < 4.78 is 13.2. The SMILES string of the molecule is CCCN1CCN(CCNC(=O)c2ccc(Nc3ccnc(-c4ccc(F)cc4)n3)cc2)CC1. The lowest BCUT2D eigenvalue weighted by atomic mass is 10.2. The second-order valence-electron chi connectivity index (χ2n) is 8.41. The molecule has 0 aliphatic carbocycles. The van der Waals surface area contributed by atoms with Crippen LogP contribution in [0.1, 0.15) is 23.7 Å². The van der Waals surface area contributed by atoms with Crippen molar-refractivity contribution in [2.45, 2.75) is 13.3 Å². The van der Waals surface area contributed by atoms with Gasteiger partial charge in [0.05, 0.1) is 0 Å². The van der Waals surface area contributed by atoms with E-state index in [1.807, 2.05) is 12.1 Å². The van der Waals surface area contributed by atoms with Gasteiger partial charge in [-0.1, -0.05) is 6.92 Å². The Morgan fingerprint density at radius 2 is 1.62 bits per heavy atom. The molecule has 4 rings (SSSR count). The zero-order valence-corrected chi connectivity index (χ0v) is 19.5. The van der Waals surface area contributed by atoms with Crippen LogP contribution < -0.4 is 10.6 Å². The highest BCUT2D eigenvalue weighted by Crippen LogP contribution is 2.20. The fourth-order valence-corrected chi connectivity index (χ4v) is 4.00. The first-order valence-electron chi connectivity index (χ1n) is 11.8. The third-order valence-electron chi connectivity index (χ3n) is 5.90. The molecule has 2 heterocycles. The molecule has 1 aromatic heterocycles. The van der Waals surface area contributed by atoms with Crippen molar-refractivity contribution in [1.82, 2.24) is 25.1 Å². The lowest BCUT2D eigenvalue weighted by molar-refractivity contribution is 0.0936. The average Bonchev–Trinajstić information content (AvgIpc) is 2.86. The number of aromatic nitrogens is 2. The summed E-state index contributed by atoms with van der Waals surface area (Å²) in [4.78, 5) is 26.2. The van der Waals surface area contributed by atoms with Gasteiger partial charge >= 0.3 is 0 Å². The molecule has 8 heteroatoms. The van der Waals surface area contributed by atoms with Crippen LogP contribution in [-0.4, -0.2) is 71.5 Å². The highest BCUT2D eigenvalue weighted by Gasteiger charge is 2.16. The van der Waals surface area contributed by atoms with E-state index in [9.17, 15) is 9.18 Å². The van der Waals surface area contributed by atoms with Crippen molar-refractivity contribution in [3.05, 3.63) is 72.2 Å². The summed E-state index contributed by atoms with van der Waals surface area (Å²) >= 11 is 0. The second-order valence-corrected chi connectivity index (χ2v) is 8.41. The van der Waals surface area contributed by atoms with Gasteiger partial charge in [0.2, 0.25) is 0 Å². The molecule has 0 unspecified atom stereocenters. The number of nitrogens with zero attached hydrogens (tertiary/aromatic N) is 4. The number of piperazine rings is 1. The molecule has 1 saturated heterocycles. The highest BCUT2D eigenvalue weighted by atomic mass is 19.1. The molecule has 2 N–H and O–H groups in total. The fourth-order valence-electron chi connectivity index (χ4n) is 4.00. The number of rotatable bonds is 9. The third kappa shape index (κ3) is 6.59. The normalized spacial score (nSPS) is 14.6. The Balaban J connectivity index is 1.26. The van der Waals surface area contributed by atoms with E-state index in [0.717, 1.165) is 44.0 Å². The summed E-state index contributed by atoms with van der Waals surface area (Å²) in [6, 6.07) is 15.1. The van der Waals surface area contributed by atoms with Crippen LogP contribution in [0.25, 0.3) is 11.4 Å². The first-order valence-corrected chi connectivity index (χ1v) is 11.8. The number of amides is 1. The Bertz CT molecular complexity index is 1070. The number of benzene rings is 2. The second kappa shape index (κ2) is 11.7. The van der Waals surface area contributed by atoms with E-state index in [-0.39, 0.29) is 11.7 Å². The highest BCUT2D eigenvalue weighted by molar-refractivity contribution is 5.94. The van der Waals surface area contributed by atoms with E-state index in [2.05, 4.69) is 37.3 Å². The van der Waals surface area contributed by atoms with E-state index in [4.69, 9.17) is 0 Å². The van der Waals surface area contributed by atoms with Crippen molar-refractivity contribution in [1.29, 1.82) is 0 Å². The van der Waals surface area contributed by atoms with Crippen molar-refractivity contribution in [2.24, 2.45) is 0 Å². The van der Waals surface area contributed by atoms with Gasteiger partial charge in [-0.15, -0.1) is 0 Å². The van der Waals surface area contributed by atoms with E-state index in [0.29, 0.717) is 23.8 Å². The topological polar surface area (TPSA) is 73.4 Å². The van der Waals surface area contributed by atoms with E-state index >= 15 is 0 Å². The Hall–Kier alpha value is -3.36. The molecule has 0 saturated carbocycles. The number of hydrogen-bond acceptors (Lipinski definition) is 6. The van der Waals surface area contributed by atoms with Gasteiger partial charge in [0.15, 0.2) is 5.82 Å². The van der Waals surface area contributed by atoms with Crippen LogP contribution in [-0.2, 0) is 0 Å². The number of nitrogens with one attached hydrogen (secondary N) is 2.